The number of carboxylic acid groups (broad SMARTS) is 1. The maximum absolute atomic E-state index is 13.5. The molecule has 0 aromatic carbocycles. The molecule has 12 nitrogen and oxygen atoms in total. The third-order valence-electron chi connectivity index (χ3n) is 11.4. The van der Waals surface area contributed by atoms with Gasteiger partial charge in [0, 0.05) is 23.2 Å². The third-order valence-corrected chi connectivity index (χ3v) is 11.4. The van der Waals surface area contributed by atoms with Crippen molar-refractivity contribution < 1.29 is 58.2 Å². The van der Waals surface area contributed by atoms with E-state index in [4.69, 9.17) is 23.4 Å². The quantitative estimate of drug-likeness (QED) is 0.191. The molecular weight excluding hydrogens is 564 g/mol. The Morgan fingerprint density at radius 2 is 1.91 bits per heavy atom. The number of fused-ring (bicyclic) bond motifs is 1. The van der Waals surface area contributed by atoms with Crippen LogP contribution in [0.15, 0.2) is 35.2 Å². The number of carbonyl (C=O) groups excluding carboxylic acids is 2. The maximum Gasteiger partial charge on any atom is 0.335 e. The smallest absolute Gasteiger partial charge is 0.335 e. The molecule has 43 heavy (non-hydrogen) atoms. The number of aliphatic hydroxyl groups is 3. The highest BCUT2D eigenvalue weighted by Gasteiger charge is 2.88. The number of ether oxygens (including phenoxy) is 4. The molecule has 1 spiro atoms. The molecule has 4 heterocycles. The highest BCUT2D eigenvalue weighted by atomic mass is 16.6. The van der Waals surface area contributed by atoms with Crippen molar-refractivity contribution in [3.63, 3.8) is 0 Å². The normalized spacial score (nSPS) is 47.1. The van der Waals surface area contributed by atoms with Gasteiger partial charge in [0.2, 0.25) is 0 Å². The van der Waals surface area contributed by atoms with Gasteiger partial charge in [0.25, 0.3) is 0 Å². The standard InChI is InChI=1S/C31H40O12/c1-13(2)22(36)27(38)41-26-24-20(14(3)31-25(43-31)23(37)21(30(26,31)6)15-7-8-39-11-15)29(5,17(40-24)10-18(33)34)16-9-19(35)42-28(16,4)12-32/h7-8,11,13,16-17,20-26,32,36-37H,3,9-10,12H2,1-2,4-6H3,(H,33,34)/t16-,17-,20+,21+,22+,23+,24+,25+,26-,28+,29+,30+,31+/m0/s1. The summed E-state index contributed by atoms with van der Waals surface area (Å²) in [5.41, 5.74) is -3.75. The molecule has 0 radical (unpaired) electrons. The Morgan fingerprint density at radius 1 is 1.21 bits per heavy atom. The number of rotatable bonds is 8. The second kappa shape index (κ2) is 9.61. The third kappa shape index (κ3) is 3.76. The van der Waals surface area contributed by atoms with Crippen LogP contribution >= 0.6 is 0 Å². The number of aliphatic carboxylic acids is 1. The molecule has 0 unspecified atom stereocenters. The maximum atomic E-state index is 13.5. The Kier molecular flexibility index (Phi) is 6.77. The minimum absolute atomic E-state index is 0.102. The summed E-state index contributed by atoms with van der Waals surface area (Å²) in [5.74, 6) is -5.15. The number of aliphatic hydroxyl groups excluding tert-OH is 3. The van der Waals surface area contributed by atoms with Crippen LogP contribution in [0.2, 0.25) is 0 Å². The fourth-order valence-corrected chi connectivity index (χ4v) is 9.32. The van der Waals surface area contributed by atoms with Crippen LogP contribution in [0.1, 0.15) is 58.9 Å². The molecule has 3 aliphatic heterocycles. The Bertz CT molecular complexity index is 1340. The van der Waals surface area contributed by atoms with Gasteiger partial charge in [0.1, 0.15) is 29.5 Å². The Morgan fingerprint density at radius 3 is 2.49 bits per heavy atom. The zero-order chi connectivity index (χ0) is 31.4. The fourth-order valence-electron chi connectivity index (χ4n) is 9.32. The molecule has 6 rings (SSSR count). The first-order valence-corrected chi connectivity index (χ1v) is 14.7. The molecule has 236 valence electrons. The summed E-state index contributed by atoms with van der Waals surface area (Å²) in [5, 5.41) is 42.7. The predicted molar refractivity (Wildman–Crippen MR) is 145 cm³/mol. The van der Waals surface area contributed by atoms with Crippen LogP contribution in [-0.2, 0) is 33.3 Å². The lowest BCUT2D eigenvalue weighted by Crippen LogP contribution is -2.64. The van der Waals surface area contributed by atoms with Crippen molar-refractivity contribution in [1.82, 2.24) is 0 Å². The Balaban J connectivity index is 1.54. The van der Waals surface area contributed by atoms with Gasteiger partial charge in [-0.1, -0.05) is 34.3 Å². The lowest BCUT2D eigenvalue weighted by atomic mass is 9.49. The van der Waals surface area contributed by atoms with Crippen LogP contribution < -0.4 is 0 Å². The minimum Gasteiger partial charge on any atom is -0.481 e. The van der Waals surface area contributed by atoms with Crippen molar-refractivity contribution in [2.75, 3.05) is 6.61 Å². The van der Waals surface area contributed by atoms with Gasteiger partial charge >= 0.3 is 17.9 Å². The van der Waals surface area contributed by atoms with Gasteiger partial charge in [-0.2, -0.15) is 0 Å². The van der Waals surface area contributed by atoms with Crippen molar-refractivity contribution in [2.45, 2.75) is 101 Å². The van der Waals surface area contributed by atoms with Gasteiger partial charge in [0.05, 0.1) is 49.6 Å². The van der Waals surface area contributed by atoms with E-state index in [9.17, 15) is 34.8 Å². The van der Waals surface area contributed by atoms with Crippen molar-refractivity contribution in [2.24, 2.45) is 28.6 Å². The van der Waals surface area contributed by atoms with E-state index in [-0.39, 0.29) is 6.42 Å². The first kappa shape index (κ1) is 30.3. The summed E-state index contributed by atoms with van der Waals surface area (Å²) in [7, 11) is 0. The number of furan rings is 1. The molecule has 3 saturated heterocycles. The fraction of sp³-hybridized carbons (Fsp3) is 0.710. The van der Waals surface area contributed by atoms with Gasteiger partial charge in [-0.05, 0) is 30.0 Å². The molecule has 2 saturated carbocycles. The van der Waals surface area contributed by atoms with E-state index in [0.29, 0.717) is 11.1 Å². The molecule has 12 heteroatoms. The van der Waals surface area contributed by atoms with E-state index in [1.165, 1.54) is 12.5 Å². The summed E-state index contributed by atoms with van der Waals surface area (Å²) < 4.78 is 30.2. The summed E-state index contributed by atoms with van der Waals surface area (Å²) in [4.78, 5) is 38.4. The van der Waals surface area contributed by atoms with Crippen LogP contribution in [0.25, 0.3) is 0 Å². The van der Waals surface area contributed by atoms with Gasteiger partial charge in [-0.15, -0.1) is 0 Å². The lowest BCUT2D eigenvalue weighted by molar-refractivity contribution is -0.199. The highest BCUT2D eigenvalue weighted by Crippen LogP contribution is 2.78. The number of carboxylic acids is 1. The van der Waals surface area contributed by atoms with E-state index in [1.54, 1.807) is 33.8 Å². The van der Waals surface area contributed by atoms with Crippen molar-refractivity contribution in [3.05, 3.63) is 36.3 Å². The van der Waals surface area contributed by atoms with Gasteiger partial charge in [-0.25, -0.2) is 4.79 Å². The zero-order valence-electron chi connectivity index (χ0n) is 24.9. The molecule has 4 N–H and O–H groups in total. The predicted octanol–water partition coefficient (Wildman–Crippen LogP) is 1.56. The first-order chi connectivity index (χ1) is 20.1. The number of hydrogen-bond acceptors (Lipinski definition) is 11. The molecule has 5 aliphatic rings. The number of cyclic esters (lactones) is 1. The van der Waals surface area contributed by atoms with E-state index >= 15 is 0 Å². The van der Waals surface area contributed by atoms with E-state index in [1.807, 2.05) is 6.92 Å². The van der Waals surface area contributed by atoms with Crippen molar-refractivity contribution in [3.8, 4) is 0 Å². The topological polar surface area (TPSA) is 185 Å². The van der Waals surface area contributed by atoms with Gasteiger partial charge < -0.3 is 43.8 Å². The summed E-state index contributed by atoms with van der Waals surface area (Å²) in [6.45, 7) is 12.6. The number of esters is 2. The average Bonchev–Trinajstić information content (AvgIpc) is 3.13. The van der Waals surface area contributed by atoms with Crippen molar-refractivity contribution >= 4 is 17.9 Å². The minimum atomic E-state index is -1.46. The molecular formula is C31H40O12. The first-order valence-electron chi connectivity index (χ1n) is 14.7. The van der Waals surface area contributed by atoms with E-state index in [0.717, 1.165) is 0 Å². The molecule has 0 amide bonds. The molecule has 1 aromatic rings. The summed E-state index contributed by atoms with van der Waals surface area (Å²) in [6, 6.07) is 1.72. The van der Waals surface area contributed by atoms with Gasteiger partial charge in [0.15, 0.2) is 6.10 Å². The average molecular weight is 605 g/mol. The summed E-state index contributed by atoms with van der Waals surface area (Å²) in [6.07, 6.45) is -3.95. The molecule has 13 atom stereocenters. The molecule has 5 fully saturated rings. The Labute approximate surface area is 248 Å². The molecule has 2 aliphatic carbocycles. The monoisotopic (exact) mass is 604 g/mol. The second-order valence-electron chi connectivity index (χ2n) is 13.9. The van der Waals surface area contributed by atoms with Crippen LogP contribution in [0.4, 0.5) is 0 Å². The summed E-state index contributed by atoms with van der Waals surface area (Å²) >= 11 is 0. The number of hydrogen-bond donors (Lipinski definition) is 4. The second-order valence-corrected chi connectivity index (χ2v) is 13.9. The Hall–Kier alpha value is -2.77. The van der Waals surface area contributed by atoms with Crippen LogP contribution in [0, 0.1) is 28.6 Å². The number of carbonyl (C=O) groups is 3. The highest BCUT2D eigenvalue weighted by molar-refractivity contribution is 5.75. The van der Waals surface area contributed by atoms with Crippen LogP contribution in [0.5, 0.6) is 0 Å². The van der Waals surface area contributed by atoms with Crippen LogP contribution in [0.3, 0.4) is 0 Å². The number of epoxide rings is 1. The largest absolute Gasteiger partial charge is 0.481 e. The van der Waals surface area contributed by atoms with Crippen LogP contribution in [-0.4, -0.2) is 92.8 Å². The molecule has 1 aromatic heterocycles. The lowest BCUT2D eigenvalue weighted by Gasteiger charge is -2.55. The van der Waals surface area contributed by atoms with E-state index in [2.05, 4.69) is 6.58 Å². The van der Waals surface area contributed by atoms with E-state index < -0.39 is 113 Å². The van der Waals surface area contributed by atoms with Crippen molar-refractivity contribution in [1.29, 1.82) is 0 Å². The van der Waals surface area contributed by atoms with Gasteiger partial charge in [-0.3, -0.25) is 9.59 Å². The zero-order valence-corrected chi connectivity index (χ0v) is 24.9. The SMILES string of the molecule is C=C1[C@@H]2[C@@H](O[C@@H](CC(=O)O)[C@@]2(C)[C@H]2CC(=O)O[C@]2(C)CO)[C@H](OC(=O)[C@H](O)C(C)C)[C@@]2(C)[C@H](c3ccoc3)[C@@H](O)[C@H]3O[C@]132. The molecule has 0 bridgehead atoms.